The maximum atomic E-state index is 12.0. The minimum Gasteiger partial charge on any atom is -0.490 e. The van der Waals surface area contributed by atoms with Crippen LogP contribution in [0.4, 0.5) is 0 Å². The molecule has 0 unspecified atom stereocenters. The van der Waals surface area contributed by atoms with Crippen LogP contribution in [-0.4, -0.2) is 25.2 Å². The Hall–Kier alpha value is -2.33. The second-order valence-electron chi connectivity index (χ2n) is 5.65. The Morgan fingerprint density at radius 3 is 2.39 bits per heavy atom. The second-order valence-corrected chi connectivity index (χ2v) is 5.65. The van der Waals surface area contributed by atoms with E-state index in [-0.39, 0.29) is 18.7 Å². The zero-order valence-corrected chi connectivity index (χ0v) is 13.0. The van der Waals surface area contributed by atoms with Gasteiger partial charge in [-0.05, 0) is 55.8 Å². The molecule has 0 aliphatic carbocycles. The molecule has 2 aromatic rings. The molecule has 2 aromatic carbocycles. The van der Waals surface area contributed by atoms with Crippen LogP contribution in [0.5, 0.6) is 5.75 Å². The van der Waals surface area contributed by atoms with Gasteiger partial charge in [-0.2, -0.15) is 0 Å². The van der Waals surface area contributed by atoms with Crippen molar-refractivity contribution in [2.75, 3.05) is 13.1 Å². The number of rotatable bonds is 5. The van der Waals surface area contributed by atoms with Gasteiger partial charge in [-0.15, -0.1) is 0 Å². The number of carbonyl (C=O) groups excluding carboxylic acids is 1. The molecule has 0 radical (unpaired) electrons. The third kappa shape index (κ3) is 4.57. The van der Waals surface area contributed by atoms with Crippen LogP contribution in [0.15, 0.2) is 54.6 Å². The van der Waals surface area contributed by atoms with Crippen LogP contribution in [0.1, 0.15) is 28.8 Å². The Morgan fingerprint density at radius 2 is 1.70 bits per heavy atom. The fourth-order valence-corrected chi connectivity index (χ4v) is 2.58. The van der Waals surface area contributed by atoms with Gasteiger partial charge in [0.25, 0.3) is 0 Å². The van der Waals surface area contributed by atoms with Crippen molar-refractivity contribution in [1.82, 2.24) is 5.32 Å². The van der Waals surface area contributed by atoms with Crippen LogP contribution in [0.3, 0.4) is 0 Å². The number of benzene rings is 2. The van der Waals surface area contributed by atoms with Gasteiger partial charge in [0.05, 0.1) is 5.56 Å². The molecule has 120 valence electrons. The zero-order valence-electron chi connectivity index (χ0n) is 13.0. The number of nitrogens with one attached hydrogen (secondary N) is 1. The normalized spacial score (nSPS) is 15.1. The van der Waals surface area contributed by atoms with E-state index in [1.54, 1.807) is 12.1 Å². The summed E-state index contributed by atoms with van der Waals surface area (Å²) in [7, 11) is 0. The lowest BCUT2D eigenvalue weighted by molar-refractivity contribution is 0.0472. The maximum absolute atomic E-state index is 12.0. The molecule has 0 saturated carbocycles. The van der Waals surface area contributed by atoms with E-state index in [1.165, 1.54) is 0 Å². The molecule has 1 N–H and O–H groups in total. The molecular formula is C19H21NO3. The Kier molecular flexibility index (Phi) is 5.27. The van der Waals surface area contributed by atoms with E-state index >= 15 is 0 Å². The molecule has 3 rings (SSSR count). The van der Waals surface area contributed by atoms with Gasteiger partial charge in [-0.3, -0.25) is 0 Å². The van der Waals surface area contributed by atoms with Gasteiger partial charge in [0.1, 0.15) is 18.5 Å². The summed E-state index contributed by atoms with van der Waals surface area (Å²) in [5, 5.41) is 3.31. The van der Waals surface area contributed by atoms with Crippen LogP contribution in [0, 0.1) is 0 Å². The number of ether oxygens (including phenoxy) is 2. The summed E-state index contributed by atoms with van der Waals surface area (Å²) in [5.74, 6) is 0.485. The summed E-state index contributed by atoms with van der Waals surface area (Å²) in [6.07, 6.45) is 2.29. The number of hydrogen-bond acceptors (Lipinski definition) is 4. The van der Waals surface area contributed by atoms with Crippen LogP contribution in [0.25, 0.3) is 0 Å². The third-order valence-corrected chi connectivity index (χ3v) is 3.89. The molecule has 0 amide bonds. The van der Waals surface area contributed by atoms with Crippen molar-refractivity contribution < 1.29 is 14.3 Å². The Morgan fingerprint density at radius 1 is 1.00 bits per heavy atom. The van der Waals surface area contributed by atoms with Crippen LogP contribution < -0.4 is 10.1 Å². The third-order valence-electron chi connectivity index (χ3n) is 3.89. The van der Waals surface area contributed by atoms with Crippen molar-refractivity contribution in [2.24, 2.45) is 0 Å². The quantitative estimate of drug-likeness (QED) is 0.862. The monoisotopic (exact) mass is 311 g/mol. The summed E-state index contributed by atoms with van der Waals surface area (Å²) < 4.78 is 11.2. The average molecular weight is 311 g/mol. The van der Waals surface area contributed by atoms with Gasteiger partial charge < -0.3 is 14.8 Å². The molecule has 1 heterocycles. The predicted molar refractivity (Wildman–Crippen MR) is 88.5 cm³/mol. The predicted octanol–water partition coefficient (Wildman–Crippen LogP) is 3.17. The number of piperidine rings is 1. The van der Waals surface area contributed by atoms with Crippen molar-refractivity contribution in [3.63, 3.8) is 0 Å². The smallest absolute Gasteiger partial charge is 0.338 e. The first-order valence-corrected chi connectivity index (χ1v) is 8.00. The highest BCUT2D eigenvalue weighted by Crippen LogP contribution is 2.18. The van der Waals surface area contributed by atoms with Gasteiger partial charge >= 0.3 is 5.97 Å². The number of esters is 1. The second kappa shape index (κ2) is 7.79. The van der Waals surface area contributed by atoms with E-state index in [4.69, 9.17) is 9.47 Å². The summed E-state index contributed by atoms with van der Waals surface area (Å²) in [6.45, 7) is 2.27. The van der Waals surface area contributed by atoms with Gasteiger partial charge in [-0.1, -0.05) is 30.3 Å². The Labute approximate surface area is 136 Å². The van der Waals surface area contributed by atoms with E-state index < -0.39 is 0 Å². The van der Waals surface area contributed by atoms with E-state index in [1.807, 2.05) is 42.5 Å². The number of hydrogen-bond donors (Lipinski definition) is 1. The maximum Gasteiger partial charge on any atom is 0.338 e. The molecule has 23 heavy (non-hydrogen) atoms. The standard InChI is InChI=1S/C19H21NO3/c21-19(22-14-15-4-2-1-3-5-15)16-6-8-17(9-7-16)23-18-10-12-20-13-11-18/h1-9,18,20H,10-14H2. The van der Waals surface area contributed by atoms with Crippen molar-refractivity contribution in [1.29, 1.82) is 0 Å². The van der Waals surface area contributed by atoms with E-state index in [0.717, 1.165) is 37.2 Å². The fourth-order valence-electron chi connectivity index (χ4n) is 2.58. The molecule has 0 spiro atoms. The molecule has 0 atom stereocenters. The summed E-state index contributed by atoms with van der Waals surface area (Å²) in [6, 6.07) is 16.8. The highest BCUT2D eigenvalue weighted by atomic mass is 16.5. The zero-order chi connectivity index (χ0) is 15.9. The molecule has 0 aromatic heterocycles. The van der Waals surface area contributed by atoms with Crippen molar-refractivity contribution in [3.05, 3.63) is 65.7 Å². The van der Waals surface area contributed by atoms with E-state index in [2.05, 4.69) is 5.32 Å². The Balaban J connectivity index is 1.52. The molecule has 1 aliphatic rings. The minimum absolute atomic E-state index is 0.257. The molecule has 1 fully saturated rings. The average Bonchev–Trinajstić information content (AvgIpc) is 2.62. The minimum atomic E-state index is -0.317. The SMILES string of the molecule is O=C(OCc1ccccc1)c1ccc(OC2CCNCC2)cc1. The van der Waals surface area contributed by atoms with E-state index in [0.29, 0.717) is 5.56 Å². The highest BCUT2D eigenvalue weighted by molar-refractivity contribution is 5.89. The van der Waals surface area contributed by atoms with Crippen molar-refractivity contribution in [2.45, 2.75) is 25.6 Å². The Bertz CT molecular complexity index is 619. The lowest BCUT2D eigenvalue weighted by Gasteiger charge is -2.23. The van der Waals surface area contributed by atoms with E-state index in [9.17, 15) is 4.79 Å². The lowest BCUT2D eigenvalue weighted by atomic mass is 10.1. The lowest BCUT2D eigenvalue weighted by Crippen LogP contribution is -2.34. The van der Waals surface area contributed by atoms with Crippen molar-refractivity contribution >= 4 is 5.97 Å². The first kappa shape index (κ1) is 15.6. The van der Waals surface area contributed by atoms with Gasteiger partial charge in [-0.25, -0.2) is 4.79 Å². The van der Waals surface area contributed by atoms with Gasteiger partial charge in [0.2, 0.25) is 0 Å². The fraction of sp³-hybridized carbons (Fsp3) is 0.316. The number of carbonyl (C=O) groups is 1. The molecule has 1 saturated heterocycles. The summed E-state index contributed by atoms with van der Waals surface area (Å²) in [5.41, 5.74) is 1.52. The van der Waals surface area contributed by atoms with Gasteiger partial charge in [0.15, 0.2) is 0 Å². The first-order chi connectivity index (χ1) is 11.3. The molecule has 0 bridgehead atoms. The van der Waals surface area contributed by atoms with Crippen molar-refractivity contribution in [3.8, 4) is 5.75 Å². The van der Waals surface area contributed by atoms with Crippen LogP contribution in [0.2, 0.25) is 0 Å². The summed E-state index contributed by atoms with van der Waals surface area (Å²) in [4.78, 5) is 12.0. The molecule has 1 aliphatic heterocycles. The topological polar surface area (TPSA) is 47.6 Å². The highest BCUT2D eigenvalue weighted by Gasteiger charge is 2.15. The van der Waals surface area contributed by atoms with Crippen LogP contribution in [-0.2, 0) is 11.3 Å². The van der Waals surface area contributed by atoms with Gasteiger partial charge in [0, 0.05) is 0 Å². The summed E-state index contributed by atoms with van der Waals surface area (Å²) >= 11 is 0. The molecule has 4 nitrogen and oxygen atoms in total. The largest absolute Gasteiger partial charge is 0.490 e. The molecule has 4 heteroatoms. The molecular weight excluding hydrogens is 290 g/mol. The van der Waals surface area contributed by atoms with Crippen LogP contribution >= 0.6 is 0 Å². The first-order valence-electron chi connectivity index (χ1n) is 8.00.